The number of ketones is 1. The van der Waals surface area contributed by atoms with Crippen LogP contribution in [0.15, 0.2) is 36.0 Å². The third kappa shape index (κ3) is 0.775. The van der Waals surface area contributed by atoms with Gasteiger partial charge >= 0.3 is 0 Å². The van der Waals surface area contributed by atoms with Crippen LogP contribution in [0.5, 0.6) is 0 Å². The van der Waals surface area contributed by atoms with Gasteiger partial charge in [0.1, 0.15) is 11.4 Å². The number of carbonyl (C=O) groups is 1. The zero-order chi connectivity index (χ0) is 9.81. The molecule has 0 aromatic rings. The van der Waals surface area contributed by atoms with Crippen molar-refractivity contribution in [2.24, 2.45) is 5.41 Å². The van der Waals surface area contributed by atoms with Crippen LogP contribution in [0.3, 0.4) is 0 Å². The molecule has 2 nitrogen and oxygen atoms in total. The SMILES string of the molecule is CC(=O)C12C=CC3(C=C1)OCC=C3C2. The van der Waals surface area contributed by atoms with Crippen LogP contribution in [0.4, 0.5) is 0 Å². The molecule has 3 aliphatic carbocycles. The highest BCUT2D eigenvalue weighted by Gasteiger charge is 2.48. The summed E-state index contributed by atoms with van der Waals surface area (Å²) >= 11 is 0. The molecule has 1 spiro atoms. The van der Waals surface area contributed by atoms with Crippen molar-refractivity contribution in [3.63, 3.8) is 0 Å². The summed E-state index contributed by atoms with van der Waals surface area (Å²) in [5.41, 5.74) is 0.580. The quantitative estimate of drug-likeness (QED) is 0.586. The Morgan fingerprint density at radius 2 is 2.07 bits per heavy atom. The van der Waals surface area contributed by atoms with Gasteiger partial charge in [0.2, 0.25) is 0 Å². The first kappa shape index (κ1) is 8.18. The highest BCUT2D eigenvalue weighted by molar-refractivity contribution is 5.88. The zero-order valence-corrected chi connectivity index (χ0v) is 8.12. The standard InChI is InChI=1S/C12H12O2/c1-9(13)11-3-5-12(6-4-11)10(8-11)2-7-14-12/h2-6H,7-8H2,1H3. The Bertz CT molecular complexity index is 385. The maximum atomic E-state index is 11.6. The summed E-state index contributed by atoms with van der Waals surface area (Å²) in [6, 6.07) is 0. The fourth-order valence-corrected chi connectivity index (χ4v) is 2.50. The van der Waals surface area contributed by atoms with Gasteiger partial charge in [0.25, 0.3) is 0 Å². The summed E-state index contributed by atoms with van der Waals surface area (Å²) < 4.78 is 5.68. The van der Waals surface area contributed by atoms with E-state index in [1.807, 2.05) is 24.3 Å². The first-order valence-electron chi connectivity index (χ1n) is 4.92. The molecule has 0 amide bonds. The summed E-state index contributed by atoms with van der Waals surface area (Å²) in [6.07, 6.45) is 10.9. The number of Topliss-reactive ketones (excluding diaryl/α,β-unsaturated/α-hetero) is 1. The molecule has 72 valence electrons. The molecule has 0 saturated heterocycles. The number of rotatable bonds is 1. The summed E-state index contributed by atoms with van der Waals surface area (Å²) in [6.45, 7) is 2.32. The van der Waals surface area contributed by atoms with Gasteiger partial charge in [-0.2, -0.15) is 0 Å². The topological polar surface area (TPSA) is 26.3 Å². The minimum absolute atomic E-state index is 0.214. The second kappa shape index (κ2) is 2.26. The number of ether oxygens (including phenoxy) is 1. The number of hydrogen-bond donors (Lipinski definition) is 0. The Balaban J connectivity index is 2.16. The second-order valence-electron chi connectivity index (χ2n) is 4.27. The first-order valence-corrected chi connectivity index (χ1v) is 4.92. The second-order valence-corrected chi connectivity index (χ2v) is 4.27. The summed E-state index contributed by atoms with van der Waals surface area (Å²) in [4.78, 5) is 11.6. The van der Waals surface area contributed by atoms with Crippen LogP contribution in [0, 0.1) is 5.41 Å². The van der Waals surface area contributed by atoms with Crippen molar-refractivity contribution < 1.29 is 9.53 Å². The number of carbonyl (C=O) groups excluding carboxylic acids is 1. The molecule has 14 heavy (non-hydrogen) atoms. The van der Waals surface area contributed by atoms with E-state index in [9.17, 15) is 4.79 Å². The molecule has 0 fully saturated rings. The average Bonchev–Trinajstić information content (AvgIpc) is 2.60. The maximum absolute atomic E-state index is 11.6. The Morgan fingerprint density at radius 1 is 1.36 bits per heavy atom. The predicted octanol–water partition coefficient (Wildman–Crippen LogP) is 1.79. The Hall–Kier alpha value is -1.15. The van der Waals surface area contributed by atoms with Crippen LogP contribution < -0.4 is 0 Å². The lowest BCUT2D eigenvalue weighted by atomic mass is 9.64. The van der Waals surface area contributed by atoms with Crippen LogP contribution in [0.2, 0.25) is 0 Å². The molecule has 2 heteroatoms. The van der Waals surface area contributed by atoms with Gasteiger partial charge in [-0.1, -0.05) is 18.2 Å². The van der Waals surface area contributed by atoms with Gasteiger partial charge in [0, 0.05) is 0 Å². The Kier molecular flexibility index (Phi) is 1.32. The van der Waals surface area contributed by atoms with Crippen molar-refractivity contribution in [1.29, 1.82) is 0 Å². The molecule has 2 bridgehead atoms. The van der Waals surface area contributed by atoms with Crippen molar-refractivity contribution in [3.05, 3.63) is 36.0 Å². The summed E-state index contributed by atoms with van der Waals surface area (Å²) in [7, 11) is 0. The lowest BCUT2D eigenvalue weighted by Crippen LogP contribution is -2.42. The van der Waals surface area contributed by atoms with Crippen LogP contribution in [-0.2, 0) is 9.53 Å². The van der Waals surface area contributed by atoms with E-state index in [0.717, 1.165) is 6.42 Å². The molecule has 0 aromatic heterocycles. The van der Waals surface area contributed by atoms with E-state index in [4.69, 9.17) is 4.74 Å². The molecule has 0 atom stereocenters. The van der Waals surface area contributed by atoms with Crippen LogP contribution in [0.25, 0.3) is 0 Å². The van der Waals surface area contributed by atoms with Crippen LogP contribution in [0.1, 0.15) is 13.3 Å². The largest absolute Gasteiger partial charge is 0.358 e. The average molecular weight is 188 g/mol. The van der Waals surface area contributed by atoms with Gasteiger partial charge in [0.05, 0.1) is 12.0 Å². The van der Waals surface area contributed by atoms with Gasteiger partial charge in [-0.05, 0) is 31.1 Å². The molecule has 0 aromatic carbocycles. The zero-order valence-electron chi connectivity index (χ0n) is 8.12. The van der Waals surface area contributed by atoms with Crippen molar-refractivity contribution in [2.75, 3.05) is 6.61 Å². The monoisotopic (exact) mass is 188 g/mol. The van der Waals surface area contributed by atoms with E-state index in [0.29, 0.717) is 6.61 Å². The third-order valence-corrected chi connectivity index (χ3v) is 3.55. The molecule has 0 unspecified atom stereocenters. The van der Waals surface area contributed by atoms with E-state index < -0.39 is 0 Å². The lowest BCUT2D eigenvalue weighted by Gasteiger charge is -2.41. The van der Waals surface area contributed by atoms with Crippen molar-refractivity contribution in [3.8, 4) is 0 Å². The van der Waals surface area contributed by atoms with E-state index in [-0.39, 0.29) is 16.8 Å². The molecule has 4 rings (SSSR count). The van der Waals surface area contributed by atoms with E-state index >= 15 is 0 Å². The van der Waals surface area contributed by atoms with Crippen LogP contribution >= 0.6 is 0 Å². The van der Waals surface area contributed by atoms with Crippen LogP contribution in [-0.4, -0.2) is 18.0 Å². The molecule has 1 aliphatic heterocycles. The molecule has 0 N–H and O–H groups in total. The predicted molar refractivity (Wildman–Crippen MR) is 52.8 cm³/mol. The minimum atomic E-state index is -0.374. The fourth-order valence-electron chi connectivity index (χ4n) is 2.50. The smallest absolute Gasteiger partial charge is 0.143 e. The fraction of sp³-hybridized carbons (Fsp3) is 0.417. The van der Waals surface area contributed by atoms with E-state index in [1.54, 1.807) is 6.92 Å². The lowest BCUT2D eigenvalue weighted by molar-refractivity contribution is -0.122. The molecule has 0 radical (unpaired) electrons. The van der Waals surface area contributed by atoms with Gasteiger partial charge in [-0.3, -0.25) is 4.79 Å². The van der Waals surface area contributed by atoms with Gasteiger partial charge in [0.15, 0.2) is 0 Å². The highest BCUT2D eigenvalue weighted by Crippen LogP contribution is 2.50. The van der Waals surface area contributed by atoms with Crippen molar-refractivity contribution in [1.82, 2.24) is 0 Å². The third-order valence-electron chi connectivity index (χ3n) is 3.55. The van der Waals surface area contributed by atoms with E-state index in [1.165, 1.54) is 5.57 Å². The summed E-state index contributed by atoms with van der Waals surface area (Å²) in [5, 5.41) is 0. The van der Waals surface area contributed by atoms with Gasteiger partial charge < -0.3 is 4.74 Å². The molecule has 1 heterocycles. The molecular formula is C12H12O2. The Labute approximate surface area is 82.9 Å². The van der Waals surface area contributed by atoms with Gasteiger partial charge in [-0.15, -0.1) is 0 Å². The Morgan fingerprint density at radius 3 is 2.71 bits per heavy atom. The highest BCUT2D eigenvalue weighted by atomic mass is 16.5. The first-order chi connectivity index (χ1) is 6.67. The normalized spacial score (nSPS) is 42.5. The van der Waals surface area contributed by atoms with Crippen molar-refractivity contribution in [2.45, 2.75) is 18.9 Å². The van der Waals surface area contributed by atoms with Crippen molar-refractivity contribution >= 4 is 5.78 Å². The summed E-state index contributed by atoms with van der Waals surface area (Å²) in [5.74, 6) is 0.214. The van der Waals surface area contributed by atoms with E-state index in [2.05, 4.69) is 6.08 Å². The maximum Gasteiger partial charge on any atom is 0.143 e. The molecule has 0 saturated carbocycles. The molecular weight excluding hydrogens is 176 g/mol. The van der Waals surface area contributed by atoms with Gasteiger partial charge in [-0.25, -0.2) is 0 Å². The number of hydrogen-bond acceptors (Lipinski definition) is 2. The number of allylic oxidation sites excluding steroid dienone is 2. The molecule has 4 aliphatic rings. The minimum Gasteiger partial charge on any atom is -0.358 e.